The Kier molecular flexibility index (Phi) is 4.28. The lowest BCUT2D eigenvalue weighted by Crippen LogP contribution is -2.13. The van der Waals surface area contributed by atoms with Crippen molar-refractivity contribution in [3.63, 3.8) is 0 Å². The molecule has 6 nitrogen and oxygen atoms in total. The van der Waals surface area contributed by atoms with Crippen LogP contribution in [0, 0.1) is 0 Å². The molecule has 4 rings (SSSR count). The van der Waals surface area contributed by atoms with Crippen molar-refractivity contribution in [2.24, 2.45) is 0 Å². The Morgan fingerprint density at radius 2 is 1.81 bits per heavy atom. The van der Waals surface area contributed by atoms with E-state index in [9.17, 15) is 4.79 Å². The Bertz CT molecular complexity index is 1040. The normalized spacial score (nSPS) is 10.7. The third-order valence-corrected chi connectivity index (χ3v) is 4.79. The van der Waals surface area contributed by atoms with Gasteiger partial charge in [-0.15, -0.1) is 0 Å². The molecule has 7 heteroatoms. The summed E-state index contributed by atoms with van der Waals surface area (Å²) in [6.07, 6.45) is 3.34. The average Bonchev–Trinajstić information content (AvgIpc) is 3.12. The molecule has 0 unspecified atom stereocenters. The Hall–Kier alpha value is -3.32. The Morgan fingerprint density at radius 3 is 2.58 bits per heavy atom. The number of nitrogens with zero attached hydrogens (tertiary/aromatic N) is 3. The molecule has 1 aromatic carbocycles. The van der Waals surface area contributed by atoms with Crippen molar-refractivity contribution in [1.29, 1.82) is 0 Å². The minimum Gasteiger partial charge on any atom is -0.480 e. The average molecular weight is 362 g/mol. The highest BCUT2D eigenvalue weighted by Crippen LogP contribution is 2.29. The fourth-order valence-electron chi connectivity index (χ4n) is 2.51. The highest BCUT2D eigenvalue weighted by Gasteiger charge is 2.13. The van der Waals surface area contributed by atoms with Crippen molar-refractivity contribution in [2.45, 2.75) is 0 Å². The first-order chi connectivity index (χ1) is 12.7. The van der Waals surface area contributed by atoms with Crippen molar-refractivity contribution in [2.75, 3.05) is 12.4 Å². The summed E-state index contributed by atoms with van der Waals surface area (Å²) in [5.74, 6) is 0.0236. The summed E-state index contributed by atoms with van der Waals surface area (Å²) in [6.45, 7) is 0. The third kappa shape index (κ3) is 3.12. The van der Waals surface area contributed by atoms with Crippen LogP contribution in [0.3, 0.4) is 0 Å². The number of carbonyl (C=O) groups is 1. The van der Waals surface area contributed by atoms with Crippen molar-refractivity contribution in [1.82, 2.24) is 15.0 Å². The van der Waals surface area contributed by atoms with E-state index in [0.717, 1.165) is 20.9 Å². The molecule has 0 radical (unpaired) electrons. The summed E-state index contributed by atoms with van der Waals surface area (Å²) in [7, 11) is 1.49. The Balaban J connectivity index is 1.55. The lowest BCUT2D eigenvalue weighted by Gasteiger charge is -2.08. The zero-order chi connectivity index (χ0) is 17.9. The number of ether oxygens (including phenoxy) is 1. The number of thiazole rings is 1. The van der Waals surface area contributed by atoms with Crippen LogP contribution in [0.5, 0.6) is 5.88 Å². The molecule has 0 aliphatic carbocycles. The molecular weight excluding hydrogens is 348 g/mol. The molecule has 128 valence electrons. The van der Waals surface area contributed by atoms with E-state index in [1.807, 2.05) is 36.4 Å². The molecule has 0 fully saturated rings. The van der Waals surface area contributed by atoms with Gasteiger partial charge in [0.2, 0.25) is 5.88 Å². The lowest BCUT2D eigenvalue weighted by atomic mass is 10.2. The van der Waals surface area contributed by atoms with Gasteiger partial charge in [-0.1, -0.05) is 11.3 Å². The van der Waals surface area contributed by atoms with E-state index < -0.39 is 0 Å². The molecule has 0 aliphatic heterocycles. The van der Waals surface area contributed by atoms with Gasteiger partial charge in [0.15, 0.2) is 0 Å². The molecule has 1 N–H and O–H groups in total. The number of aromatic nitrogens is 3. The highest BCUT2D eigenvalue weighted by atomic mass is 32.1. The van der Waals surface area contributed by atoms with E-state index in [2.05, 4.69) is 20.3 Å². The molecule has 0 aliphatic rings. The zero-order valence-corrected chi connectivity index (χ0v) is 14.7. The van der Waals surface area contributed by atoms with E-state index in [0.29, 0.717) is 17.1 Å². The fourth-order valence-corrected chi connectivity index (χ4v) is 3.43. The molecule has 0 bridgehead atoms. The first kappa shape index (κ1) is 16.2. The van der Waals surface area contributed by atoms with E-state index >= 15 is 0 Å². The lowest BCUT2D eigenvalue weighted by molar-refractivity contribution is 0.102. The molecule has 3 aromatic heterocycles. The van der Waals surface area contributed by atoms with Gasteiger partial charge in [0, 0.05) is 23.6 Å². The second kappa shape index (κ2) is 6.89. The molecule has 0 saturated carbocycles. The number of nitrogens with one attached hydrogen (secondary N) is 1. The quantitative estimate of drug-likeness (QED) is 0.593. The number of hydrogen-bond donors (Lipinski definition) is 1. The number of rotatable bonds is 4. The molecule has 0 spiro atoms. The maximum absolute atomic E-state index is 12.4. The van der Waals surface area contributed by atoms with E-state index in [-0.39, 0.29) is 5.91 Å². The van der Waals surface area contributed by atoms with E-state index in [1.54, 1.807) is 24.5 Å². The van der Waals surface area contributed by atoms with Crippen molar-refractivity contribution in [3.8, 4) is 16.5 Å². The zero-order valence-electron chi connectivity index (χ0n) is 13.8. The van der Waals surface area contributed by atoms with Gasteiger partial charge in [-0.25, -0.2) is 15.0 Å². The van der Waals surface area contributed by atoms with Gasteiger partial charge in [-0.3, -0.25) is 4.79 Å². The van der Waals surface area contributed by atoms with E-state index in [4.69, 9.17) is 4.74 Å². The number of amides is 1. The number of methoxy groups -OCH3 is 1. The van der Waals surface area contributed by atoms with Crippen LogP contribution in [0.2, 0.25) is 0 Å². The smallest absolute Gasteiger partial charge is 0.261 e. The van der Waals surface area contributed by atoms with Gasteiger partial charge in [0.1, 0.15) is 20.9 Å². The van der Waals surface area contributed by atoms with Crippen LogP contribution in [0.1, 0.15) is 10.4 Å². The molecular formula is C19H14N4O2S. The summed E-state index contributed by atoms with van der Waals surface area (Å²) in [5, 5.41) is 3.74. The van der Waals surface area contributed by atoms with Gasteiger partial charge >= 0.3 is 0 Å². The van der Waals surface area contributed by atoms with Crippen LogP contribution in [-0.4, -0.2) is 28.0 Å². The molecule has 1 amide bonds. The van der Waals surface area contributed by atoms with Crippen LogP contribution < -0.4 is 10.1 Å². The number of fused-ring (bicyclic) bond motifs is 1. The predicted molar refractivity (Wildman–Crippen MR) is 102 cm³/mol. The van der Waals surface area contributed by atoms with Crippen LogP contribution in [0.15, 0.2) is 60.9 Å². The molecule has 4 aromatic rings. The monoisotopic (exact) mass is 362 g/mol. The van der Waals surface area contributed by atoms with Crippen molar-refractivity contribution >= 4 is 33.3 Å². The van der Waals surface area contributed by atoms with Crippen LogP contribution in [-0.2, 0) is 0 Å². The Labute approximate surface area is 153 Å². The summed E-state index contributed by atoms with van der Waals surface area (Å²) < 4.78 is 5.13. The maximum Gasteiger partial charge on any atom is 0.261 e. The van der Waals surface area contributed by atoms with Gasteiger partial charge < -0.3 is 10.1 Å². The largest absolute Gasteiger partial charge is 0.480 e. The number of hydrogen-bond acceptors (Lipinski definition) is 6. The van der Waals surface area contributed by atoms with Gasteiger partial charge in [0.25, 0.3) is 5.91 Å². The standard InChI is InChI=1S/C19H14N4O2S/c1-25-17-14(4-2-10-20-17)16(24)22-13-8-6-12(7-9-13)18-23-15-5-3-11-21-19(15)26-18/h2-11H,1H3,(H,22,24). The third-order valence-electron chi connectivity index (χ3n) is 3.77. The SMILES string of the molecule is COc1ncccc1C(=O)Nc1ccc(-c2nc3cccnc3s2)cc1. The topological polar surface area (TPSA) is 77.0 Å². The second-order valence-electron chi connectivity index (χ2n) is 5.44. The van der Waals surface area contributed by atoms with Crippen molar-refractivity contribution in [3.05, 3.63) is 66.5 Å². The predicted octanol–water partition coefficient (Wildman–Crippen LogP) is 4.01. The maximum atomic E-state index is 12.4. The number of anilines is 1. The first-order valence-electron chi connectivity index (χ1n) is 7.87. The van der Waals surface area contributed by atoms with Crippen LogP contribution >= 0.6 is 11.3 Å². The molecule has 3 heterocycles. The molecule has 0 atom stereocenters. The van der Waals surface area contributed by atoms with Gasteiger partial charge in [-0.05, 0) is 48.5 Å². The number of pyridine rings is 2. The Morgan fingerprint density at radius 1 is 1.04 bits per heavy atom. The molecule has 0 saturated heterocycles. The minimum atomic E-state index is -0.271. The summed E-state index contributed by atoms with van der Waals surface area (Å²) in [6, 6.07) is 14.7. The summed E-state index contributed by atoms with van der Waals surface area (Å²) in [4.78, 5) is 26.3. The number of carbonyl (C=O) groups excluding carboxylic acids is 1. The van der Waals surface area contributed by atoms with Gasteiger partial charge in [-0.2, -0.15) is 0 Å². The summed E-state index contributed by atoms with van der Waals surface area (Å²) >= 11 is 1.54. The summed E-state index contributed by atoms with van der Waals surface area (Å²) in [5.41, 5.74) is 2.93. The fraction of sp³-hybridized carbons (Fsp3) is 0.0526. The van der Waals surface area contributed by atoms with E-state index in [1.165, 1.54) is 18.4 Å². The van der Waals surface area contributed by atoms with Gasteiger partial charge in [0.05, 0.1) is 7.11 Å². The second-order valence-corrected chi connectivity index (χ2v) is 6.42. The highest BCUT2D eigenvalue weighted by molar-refractivity contribution is 7.21. The number of benzene rings is 1. The van der Waals surface area contributed by atoms with Crippen LogP contribution in [0.4, 0.5) is 5.69 Å². The molecule has 26 heavy (non-hydrogen) atoms. The first-order valence-corrected chi connectivity index (χ1v) is 8.68. The van der Waals surface area contributed by atoms with Crippen molar-refractivity contribution < 1.29 is 9.53 Å². The van der Waals surface area contributed by atoms with Crippen LogP contribution in [0.25, 0.3) is 20.9 Å². The minimum absolute atomic E-state index is 0.271.